The maximum atomic E-state index is 12.7. The molecule has 2 aliphatic rings. The second kappa shape index (κ2) is 6.67. The van der Waals surface area contributed by atoms with E-state index in [4.69, 9.17) is 0 Å². The van der Waals surface area contributed by atoms with E-state index < -0.39 is 11.4 Å². The number of aliphatic carboxylic acids is 1. The Morgan fingerprint density at radius 1 is 1.19 bits per heavy atom. The van der Waals surface area contributed by atoms with E-state index in [0.29, 0.717) is 32.0 Å². The number of carbonyl (C=O) groups is 2. The third kappa shape index (κ3) is 3.50. The summed E-state index contributed by atoms with van der Waals surface area (Å²) in [6, 6.07) is 0.504. The highest BCUT2D eigenvalue weighted by Crippen LogP contribution is 2.32. The summed E-state index contributed by atoms with van der Waals surface area (Å²) in [5.74, 6) is -0.739. The molecule has 2 aliphatic heterocycles. The molecule has 0 aromatic heterocycles. The molecule has 1 unspecified atom stereocenters. The topological polar surface area (TPSA) is 60.9 Å². The van der Waals surface area contributed by atoms with Crippen LogP contribution in [0.25, 0.3) is 0 Å². The summed E-state index contributed by atoms with van der Waals surface area (Å²) >= 11 is 0. The van der Waals surface area contributed by atoms with Crippen molar-refractivity contribution < 1.29 is 14.7 Å². The van der Waals surface area contributed by atoms with Crippen molar-refractivity contribution >= 4 is 12.0 Å². The Morgan fingerprint density at radius 3 is 2.43 bits per heavy atom. The monoisotopic (exact) mass is 296 g/mol. The Labute approximate surface area is 127 Å². The molecule has 2 saturated heterocycles. The van der Waals surface area contributed by atoms with Crippen LogP contribution in [0.5, 0.6) is 0 Å². The van der Waals surface area contributed by atoms with Crippen molar-refractivity contribution in [2.24, 2.45) is 5.41 Å². The van der Waals surface area contributed by atoms with Crippen LogP contribution < -0.4 is 0 Å². The lowest BCUT2D eigenvalue weighted by Gasteiger charge is -2.42. The minimum atomic E-state index is -0.739. The van der Waals surface area contributed by atoms with Crippen molar-refractivity contribution in [1.82, 2.24) is 9.80 Å². The van der Waals surface area contributed by atoms with Gasteiger partial charge in [0.1, 0.15) is 0 Å². The SMILES string of the molecule is CCCC1CCCCN1C(=O)N1CCC(C)(C(=O)O)CC1. The van der Waals surface area contributed by atoms with Crippen LogP contribution in [0, 0.1) is 5.41 Å². The summed E-state index contributed by atoms with van der Waals surface area (Å²) in [4.78, 5) is 27.9. The normalized spacial score (nSPS) is 25.7. The van der Waals surface area contributed by atoms with E-state index in [1.165, 1.54) is 6.42 Å². The Hall–Kier alpha value is -1.26. The van der Waals surface area contributed by atoms with E-state index in [-0.39, 0.29) is 6.03 Å². The molecule has 120 valence electrons. The van der Waals surface area contributed by atoms with E-state index >= 15 is 0 Å². The van der Waals surface area contributed by atoms with Crippen LogP contribution in [0.1, 0.15) is 58.8 Å². The summed E-state index contributed by atoms with van der Waals surface area (Å²) in [6.45, 7) is 5.94. The predicted octanol–water partition coefficient (Wildman–Crippen LogP) is 2.95. The largest absolute Gasteiger partial charge is 0.481 e. The molecule has 5 nitrogen and oxygen atoms in total. The van der Waals surface area contributed by atoms with Gasteiger partial charge in [-0.2, -0.15) is 0 Å². The molecule has 2 fully saturated rings. The van der Waals surface area contributed by atoms with Crippen LogP contribution in [0.15, 0.2) is 0 Å². The maximum absolute atomic E-state index is 12.7. The molecule has 21 heavy (non-hydrogen) atoms. The number of urea groups is 1. The third-order valence-corrected chi connectivity index (χ3v) is 5.15. The van der Waals surface area contributed by atoms with Gasteiger partial charge in [0.25, 0.3) is 0 Å². The van der Waals surface area contributed by atoms with Crippen LogP contribution >= 0.6 is 0 Å². The van der Waals surface area contributed by atoms with Crippen molar-refractivity contribution in [3.8, 4) is 0 Å². The van der Waals surface area contributed by atoms with Crippen molar-refractivity contribution in [2.45, 2.75) is 64.8 Å². The number of rotatable bonds is 3. The second-order valence-electron chi connectivity index (χ2n) is 6.77. The summed E-state index contributed by atoms with van der Waals surface area (Å²) < 4.78 is 0. The first kappa shape index (κ1) is 16.1. The fourth-order valence-electron chi connectivity index (χ4n) is 3.47. The number of hydrogen-bond acceptors (Lipinski definition) is 2. The molecule has 2 rings (SSSR count). The van der Waals surface area contributed by atoms with Gasteiger partial charge in [-0.3, -0.25) is 4.79 Å². The molecule has 1 N–H and O–H groups in total. The molecule has 0 saturated carbocycles. The van der Waals surface area contributed by atoms with E-state index in [1.54, 1.807) is 6.92 Å². The number of amides is 2. The van der Waals surface area contributed by atoms with Gasteiger partial charge in [0.15, 0.2) is 0 Å². The summed E-state index contributed by atoms with van der Waals surface area (Å²) in [5.41, 5.74) is -0.665. The first-order valence-electron chi connectivity index (χ1n) is 8.27. The van der Waals surface area contributed by atoms with Crippen molar-refractivity contribution in [2.75, 3.05) is 19.6 Å². The molecular weight excluding hydrogens is 268 g/mol. The first-order chi connectivity index (χ1) is 9.98. The zero-order chi connectivity index (χ0) is 15.5. The molecule has 0 spiro atoms. The minimum absolute atomic E-state index is 0.126. The molecule has 5 heteroatoms. The Balaban J connectivity index is 1.96. The quantitative estimate of drug-likeness (QED) is 0.871. The van der Waals surface area contributed by atoms with Gasteiger partial charge < -0.3 is 14.9 Å². The Morgan fingerprint density at radius 2 is 1.86 bits per heavy atom. The van der Waals surface area contributed by atoms with Crippen LogP contribution in [-0.2, 0) is 4.79 Å². The molecule has 0 aromatic carbocycles. The van der Waals surface area contributed by atoms with Gasteiger partial charge in [-0.05, 0) is 45.4 Å². The third-order valence-electron chi connectivity index (χ3n) is 5.15. The molecule has 2 amide bonds. The van der Waals surface area contributed by atoms with Gasteiger partial charge in [0.2, 0.25) is 0 Å². The van der Waals surface area contributed by atoms with Crippen molar-refractivity contribution in [3.05, 3.63) is 0 Å². The van der Waals surface area contributed by atoms with E-state index in [1.807, 2.05) is 9.80 Å². The number of carboxylic acids is 1. The number of piperidine rings is 2. The van der Waals surface area contributed by atoms with E-state index in [0.717, 1.165) is 32.2 Å². The fraction of sp³-hybridized carbons (Fsp3) is 0.875. The highest BCUT2D eigenvalue weighted by atomic mass is 16.4. The summed E-state index contributed by atoms with van der Waals surface area (Å²) in [7, 11) is 0. The smallest absolute Gasteiger partial charge is 0.320 e. The number of carboxylic acid groups (broad SMARTS) is 1. The Kier molecular flexibility index (Phi) is 5.12. The summed E-state index contributed by atoms with van der Waals surface area (Å²) in [5, 5.41) is 9.27. The number of nitrogens with zero attached hydrogens (tertiary/aromatic N) is 2. The van der Waals surface area contributed by atoms with Gasteiger partial charge >= 0.3 is 12.0 Å². The van der Waals surface area contributed by atoms with Crippen LogP contribution in [0.3, 0.4) is 0 Å². The average molecular weight is 296 g/mol. The number of hydrogen-bond donors (Lipinski definition) is 1. The predicted molar refractivity (Wildman–Crippen MR) is 81.2 cm³/mol. The van der Waals surface area contributed by atoms with Gasteiger partial charge in [-0.15, -0.1) is 0 Å². The van der Waals surface area contributed by atoms with Crippen LogP contribution in [0.2, 0.25) is 0 Å². The van der Waals surface area contributed by atoms with E-state index in [9.17, 15) is 14.7 Å². The lowest BCUT2D eigenvalue weighted by atomic mass is 9.80. The van der Waals surface area contributed by atoms with Gasteiger partial charge in [0, 0.05) is 25.7 Å². The summed E-state index contributed by atoms with van der Waals surface area (Å²) in [6.07, 6.45) is 6.71. The highest BCUT2D eigenvalue weighted by molar-refractivity contribution is 5.77. The van der Waals surface area contributed by atoms with Gasteiger partial charge in [-0.1, -0.05) is 13.3 Å². The molecule has 0 radical (unpaired) electrons. The van der Waals surface area contributed by atoms with Crippen LogP contribution in [-0.4, -0.2) is 52.6 Å². The lowest BCUT2D eigenvalue weighted by molar-refractivity contribution is -0.150. The fourth-order valence-corrected chi connectivity index (χ4v) is 3.47. The second-order valence-corrected chi connectivity index (χ2v) is 6.77. The van der Waals surface area contributed by atoms with Crippen molar-refractivity contribution in [1.29, 1.82) is 0 Å². The zero-order valence-corrected chi connectivity index (χ0v) is 13.3. The van der Waals surface area contributed by atoms with Gasteiger partial charge in [0.05, 0.1) is 5.41 Å². The molecule has 2 heterocycles. The van der Waals surface area contributed by atoms with Crippen LogP contribution in [0.4, 0.5) is 4.79 Å². The standard InChI is InChI=1S/C16H28N2O3/c1-3-6-13-7-4-5-10-18(13)15(21)17-11-8-16(2,9-12-17)14(19)20/h13H,3-12H2,1-2H3,(H,19,20). The average Bonchev–Trinajstić information content (AvgIpc) is 2.48. The zero-order valence-electron chi connectivity index (χ0n) is 13.3. The maximum Gasteiger partial charge on any atom is 0.320 e. The highest BCUT2D eigenvalue weighted by Gasteiger charge is 2.39. The molecule has 1 atom stereocenters. The van der Waals surface area contributed by atoms with Crippen molar-refractivity contribution in [3.63, 3.8) is 0 Å². The Bertz CT molecular complexity index is 387. The molecule has 0 aromatic rings. The molecular formula is C16H28N2O3. The molecule has 0 bridgehead atoms. The lowest BCUT2D eigenvalue weighted by Crippen LogP contribution is -2.53. The number of likely N-dealkylation sites (tertiary alicyclic amines) is 2. The van der Waals surface area contributed by atoms with Gasteiger partial charge in [-0.25, -0.2) is 4.79 Å². The van der Waals surface area contributed by atoms with E-state index in [2.05, 4.69) is 6.92 Å². The minimum Gasteiger partial charge on any atom is -0.481 e. The number of carbonyl (C=O) groups excluding carboxylic acids is 1. The molecule has 0 aliphatic carbocycles. The first-order valence-corrected chi connectivity index (χ1v) is 8.27.